The van der Waals surface area contributed by atoms with Crippen molar-refractivity contribution in [2.45, 2.75) is 25.5 Å². The summed E-state index contributed by atoms with van der Waals surface area (Å²) in [4.78, 5) is 15.7. The summed E-state index contributed by atoms with van der Waals surface area (Å²) in [6.07, 6.45) is 3.19. The van der Waals surface area contributed by atoms with Gasteiger partial charge in [-0.25, -0.2) is 4.98 Å². The largest absolute Gasteiger partial charge is 0.481 e. The molecule has 92 valence electrons. The number of nitrogens with zero attached hydrogens (tertiary/aromatic N) is 1. The Morgan fingerprint density at radius 2 is 2.53 bits per heavy atom. The molecule has 17 heavy (non-hydrogen) atoms. The fraction of sp³-hybridized carbons (Fsp3) is 0.500. The molecule has 2 heterocycles. The second kappa shape index (κ2) is 5.63. The third kappa shape index (κ3) is 3.17. The van der Waals surface area contributed by atoms with Crippen LogP contribution in [0, 0.1) is 0 Å². The van der Waals surface area contributed by atoms with E-state index in [9.17, 15) is 4.79 Å². The van der Waals surface area contributed by atoms with Crippen LogP contribution in [0.1, 0.15) is 18.4 Å². The molecule has 0 radical (unpaired) electrons. The van der Waals surface area contributed by atoms with Gasteiger partial charge < -0.3 is 14.8 Å². The summed E-state index contributed by atoms with van der Waals surface area (Å²) in [7, 11) is 1.57. The molecule has 0 unspecified atom stereocenters. The van der Waals surface area contributed by atoms with Gasteiger partial charge in [0.25, 0.3) is 0 Å². The smallest absolute Gasteiger partial charge is 0.249 e. The molecule has 1 amide bonds. The third-order valence-electron chi connectivity index (χ3n) is 2.70. The van der Waals surface area contributed by atoms with E-state index < -0.39 is 0 Å². The van der Waals surface area contributed by atoms with Crippen LogP contribution in [0.4, 0.5) is 0 Å². The molecular weight excluding hydrogens is 220 g/mol. The Kier molecular flexibility index (Phi) is 3.93. The SMILES string of the molecule is COc1ccc(CNC(=O)[C@H]2CCCO2)cn1. The van der Waals surface area contributed by atoms with Gasteiger partial charge in [-0.3, -0.25) is 4.79 Å². The molecular formula is C12H16N2O3. The molecule has 1 aromatic rings. The fourth-order valence-electron chi connectivity index (χ4n) is 1.72. The quantitative estimate of drug-likeness (QED) is 0.843. The molecule has 5 nitrogen and oxygen atoms in total. The number of aromatic nitrogens is 1. The molecule has 1 aromatic heterocycles. The zero-order chi connectivity index (χ0) is 12.1. The molecule has 1 atom stereocenters. The van der Waals surface area contributed by atoms with Crippen molar-refractivity contribution in [2.75, 3.05) is 13.7 Å². The maximum absolute atomic E-state index is 11.7. The highest BCUT2D eigenvalue weighted by atomic mass is 16.5. The Morgan fingerprint density at radius 3 is 3.12 bits per heavy atom. The van der Waals surface area contributed by atoms with Crippen molar-refractivity contribution >= 4 is 5.91 Å². The normalized spacial score (nSPS) is 19.0. The van der Waals surface area contributed by atoms with Gasteiger partial charge in [-0.1, -0.05) is 6.07 Å². The van der Waals surface area contributed by atoms with E-state index in [0.717, 1.165) is 18.4 Å². The zero-order valence-corrected chi connectivity index (χ0v) is 9.81. The third-order valence-corrected chi connectivity index (χ3v) is 2.70. The Labute approximate surface area is 100 Å². The van der Waals surface area contributed by atoms with Gasteiger partial charge in [0, 0.05) is 25.4 Å². The minimum Gasteiger partial charge on any atom is -0.481 e. The van der Waals surface area contributed by atoms with E-state index in [4.69, 9.17) is 9.47 Å². The zero-order valence-electron chi connectivity index (χ0n) is 9.81. The molecule has 0 spiro atoms. The van der Waals surface area contributed by atoms with Crippen LogP contribution in [-0.4, -0.2) is 30.7 Å². The molecule has 0 aliphatic carbocycles. The molecule has 0 saturated carbocycles. The number of nitrogens with one attached hydrogen (secondary N) is 1. The van der Waals surface area contributed by atoms with Crippen molar-refractivity contribution in [1.29, 1.82) is 0 Å². The number of pyridine rings is 1. The molecule has 0 aromatic carbocycles. The fourth-order valence-corrected chi connectivity index (χ4v) is 1.72. The standard InChI is InChI=1S/C12H16N2O3/c1-16-11-5-4-9(7-13-11)8-14-12(15)10-3-2-6-17-10/h4-5,7,10H,2-3,6,8H2,1H3,(H,14,15)/t10-/m1/s1. The lowest BCUT2D eigenvalue weighted by Crippen LogP contribution is -2.33. The van der Waals surface area contributed by atoms with Crippen LogP contribution in [0.5, 0.6) is 5.88 Å². The topological polar surface area (TPSA) is 60.5 Å². The number of methoxy groups -OCH3 is 1. The number of rotatable bonds is 4. The van der Waals surface area contributed by atoms with Gasteiger partial charge in [0.15, 0.2) is 0 Å². The predicted octanol–water partition coefficient (Wildman–Crippen LogP) is 0.885. The maximum atomic E-state index is 11.7. The van der Waals surface area contributed by atoms with Crippen LogP contribution < -0.4 is 10.1 Å². The number of hydrogen-bond acceptors (Lipinski definition) is 4. The molecule has 1 aliphatic rings. The van der Waals surface area contributed by atoms with E-state index >= 15 is 0 Å². The molecule has 1 aliphatic heterocycles. The summed E-state index contributed by atoms with van der Waals surface area (Å²) >= 11 is 0. The summed E-state index contributed by atoms with van der Waals surface area (Å²) < 4.78 is 10.2. The maximum Gasteiger partial charge on any atom is 0.249 e. The van der Waals surface area contributed by atoms with Gasteiger partial charge in [-0.05, 0) is 18.4 Å². The second-order valence-corrected chi connectivity index (χ2v) is 3.93. The first-order valence-electron chi connectivity index (χ1n) is 5.68. The highest BCUT2D eigenvalue weighted by Crippen LogP contribution is 2.12. The number of carbonyl (C=O) groups excluding carboxylic acids is 1. The van der Waals surface area contributed by atoms with Crippen LogP contribution in [-0.2, 0) is 16.1 Å². The monoisotopic (exact) mass is 236 g/mol. The molecule has 1 saturated heterocycles. The summed E-state index contributed by atoms with van der Waals surface area (Å²) in [5, 5.41) is 2.83. The number of carbonyl (C=O) groups is 1. The molecule has 1 fully saturated rings. The van der Waals surface area contributed by atoms with Gasteiger partial charge >= 0.3 is 0 Å². The van der Waals surface area contributed by atoms with E-state index in [1.807, 2.05) is 6.07 Å². The summed E-state index contributed by atoms with van der Waals surface area (Å²) in [5.41, 5.74) is 0.942. The average molecular weight is 236 g/mol. The van der Waals surface area contributed by atoms with E-state index in [2.05, 4.69) is 10.3 Å². The minimum atomic E-state index is -0.277. The van der Waals surface area contributed by atoms with Crippen LogP contribution in [0.15, 0.2) is 18.3 Å². The van der Waals surface area contributed by atoms with Gasteiger partial charge in [-0.15, -0.1) is 0 Å². The average Bonchev–Trinajstić information content (AvgIpc) is 2.90. The number of ether oxygens (including phenoxy) is 2. The van der Waals surface area contributed by atoms with E-state index in [0.29, 0.717) is 19.0 Å². The van der Waals surface area contributed by atoms with Crippen molar-refractivity contribution in [1.82, 2.24) is 10.3 Å². The van der Waals surface area contributed by atoms with Crippen molar-refractivity contribution < 1.29 is 14.3 Å². The van der Waals surface area contributed by atoms with Gasteiger partial charge in [0.05, 0.1) is 7.11 Å². The van der Waals surface area contributed by atoms with Crippen molar-refractivity contribution in [3.63, 3.8) is 0 Å². The van der Waals surface area contributed by atoms with Crippen molar-refractivity contribution in [3.8, 4) is 5.88 Å². The highest BCUT2D eigenvalue weighted by molar-refractivity contribution is 5.80. The minimum absolute atomic E-state index is 0.0432. The molecule has 1 N–H and O–H groups in total. The first-order chi connectivity index (χ1) is 8.29. The van der Waals surface area contributed by atoms with Crippen molar-refractivity contribution in [3.05, 3.63) is 23.9 Å². The molecule has 2 rings (SSSR count). The molecule has 5 heteroatoms. The Balaban J connectivity index is 1.82. The van der Waals surface area contributed by atoms with E-state index in [1.165, 1.54) is 0 Å². The van der Waals surface area contributed by atoms with Crippen LogP contribution in [0.3, 0.4) is 0 Å². The number of amides is 1. The second-order valence-electron chi connectivity index (χ2n) is 3.93. The lowest BCUT2D eigenvalue weighted by Gasteiger charge is -2.10. The highest BCUT2D eigenvalue weighted by Gasteiger charge is 2.22. The van der Waals surface area contributed by atoms with Gasteiger partial charge in [0.1, 0.15) is 6.10 Å². The van der Waals surface area contributed by atoms with E-state index in [-0.39, 0.29) is 12.0 Å². The van der Waals surface area contributed by atoms with Gasteiger partial charge in [0.2, 0.25) is 11.8 Å². The molecule has 0 bridgehead atoms. The predicted molar refractivity (Wildman–Crippen MR) is 61.6 cm³/mol. The summed E-state index contributed by atoms with van der Waals surface area (Å²) in [6, 6.07) is 3.65. The van der Waals surface area contributed by atoms with Crippen LogP contribution in [0.2, 0.25) is 0 Å². The van der Waals surface area contributed by atoms with Gasteiger partial charge in [-0.2, -0.15) is 0 Å². The van der Waals surface area contributed by atoms with Crippen LogP contribution in [0.25, 0.3) is 0 Å². The summed E-state index contributed by atoms with van der Waals surface area (Å²) in [6.45, 7) is 1.15. The first-order valence-corrected chi connectivity index (χ1v) is 5.68. The summed E-state index contributed by atoms with van der Waals surface area (Å²) in [5.74, 6) is 0.525. The lowest BCUT2D eigenvalue weighted by atomic mass is 10.2. The Bertz CT molecular complexity index is 372. The van der Waals surface area contributed by atoms with E-state index in [1.54, 1.807) is 19.4 Å². The Hall–Kier alpha value is -1.62. The van der Waals surface area contributed by atoms with Crippen molar-refractivity contribution in [2.24, 2.45) is 0 Å². The first kappa shape index (κ1) is 11.9. The lowest BCUT2D eigenvalue weighted by molar-refractivity contribution is -0.130. The van der Waals surface area contributed by atoms with Crippen LogP contribution >= 0.6 is 0 Å². The Morgan fingerprint density at radius 1 is 1.65 bits per heavy atom. The number of hydrogen-bond donors (Lipinski definition) is 1.